The number of thioether (sulfide) groups is 1. The van der Waals surface area contributed by atoms with E-state index in [9.17, 15) is 19.8 Å². The third kappa shape index (κ3) is 5.72. The Labute approximate surface area is 68.6 Å². The molecule has 0 amide bonds. The van der Waals surface area contributed by atoms with Crippen molar-refractivity contribution in [1.82, 2.24) is 0 Å². The molecular formula is C6H8O4S-2. The van der Waals surface area contributed by atoms with Gasteiger partial charge in [-0.3, -0.25) is 0 Å². The topological polar surface area (TPSA) is 80.3 Å². The molecule has 1 atom stereocenters. The van der Waals surface area contributed by atoms with Crippen molar-refractivity contribution >= 4 is 23.7 Å². The molecule has 0 aliphatic rings. The van der Waals surface area contributed by atoms with Gasteiger partial charge in [0.1, 0.15) is 0 Å². The van der Waals surface area contributed by atoms with Gasteiger partial charge in [0, 0.05) is 23.4 Å². The summed E-state index contributed by atoms with van der Waals surface area (Å²) >= 11 is 1.01. The molecule has 5 heteroatoms. The molecule has 0 aliphatic carbocycles. The summed E-state index contributed by atoms with van der Waals surface area (Å²) in [6.45, 7) is 1.47. The predicted octanol–water partition coefficient (Wildman–Crippen LogP) is -2.14. The lowest BCUT2D eigenvalue weighted by molar-refractivity contribution is -0.310. The Morgan fingerprint density at radius 1 is 1.45 bits per heavy atom. The van der Waals surface area contributed by atoms with Gasteiger partial charge in [-0.1, -0.05) is 6.92 Å². The summed E-state index contributed by atoms with van der Waals surface area (Å²) in [6.07, 6.45) is 0. The SMILES string of the molecule is CC(CSCC(=O)[O-])C(=O)[O-]. The van der Waals surface area contributed by atoms with E-state index in [4.69, 9.17) is 0 Å². The van der Waals surface area contributed by atoms with Crippen LogP contribution in [0.3, 0.4) is 0 Å². The maximum Gasteiger partial charge on any atom is 0.0513 e. The van der Waals surface area contributed by atoms with E-state index in [1.165, 1.54) is 6.92 Å². The second kappa shape index (κ2) is 5.01. The van der Waals surface area contributed by atoms with Gasteiger partial charge in [0.05, 0.1) is 5.97 Å². The third-order valence-electron chi connectivity index (χ3n) is 0.990. The average Bonchev–Trinajstić information content (AvgIpc) is 1.86. The molecule has 0 bridgehead atoms. The zero-order chi connectivity index (χ0) is 8.85. The lowest BCUT2D eigenvalue weighted by atomic mass is 10.2. The summed E-state index contributed by atoms with van der Waals surface area (Å²) in [4.78, 5) is 19.9. The van der Waals surface area contributed by atoms with Crippen LogP contribution >= 0.6 is 11.8 Å². The molecule has 0 N–H and O–H groups in total. The van der Waals surface area contributed by atoms with Crippen molar-refractivity contribution < 1.29 is 19.8 Å². The van der Waals surface area contributed by atoms with E-state index in [0.717, 1.165) is 11.8 Å². The Hall–Kier alpha value is -0.710. The number of rotatable bonds is 5. The monoisotopic (exact) mass is 176 g/mol. The number of carboxylic acids is 2. The van der Waals surface area contributed by atoms with Crippen LogP contribution in [0.4, 0.5) is 0 Å². The highest BCUT2D eigenvalue weighted by Crippen LogP contribution is 2.06. The summed E-state index contributed by atoms with van der Waals surface area (Å²) in [5, 5.41) is 19.9. The van der Waals surface area contributed by atoms with Gasteiger partial charge in [-0.2, -0.15) is 11.8 Å². The Balaban J connectivity index is 3.39. The minimum absolute atomic E-state index is 0.169. The molecule has 0 rings (SSSR count). The maximum absolute atomic E-state index is 10.1. The first-order valence-electron chi connectivity index (χ1n) is 3.02. The third-order valence-corrected chi connectivity index (χ3v) is 2.17. The van der Waals surface area contributed by atoms with Crippen molar-refractivity contribution in [2.45, 2.75) is 6.92 Å². The van der Waals surface area contributed by atoms with Crippen molar-refractivity contribution in [2.24, 2.45) is 5.92 Å². The molecular weight excluding hydrogens is 168 g/mol. The first-order valence-corrected chi connectivity index (χ1v) is 4.18. The zero-order valence-electron chi connectivity index (χ0n) is 6.03. The Morgan fingerprint density at radius 2 is 2.00 bits per heavy atom. The van der Waals surface area contributed by atoms with Crippen LogP contribution in [-0.2, 0) is 9.59 Å². The van der Waals surface area contributed by atoms with E-state index in [2.05, 4.69) is 0 Å². The van der Waals surface area contributed by atoms with E-state index in [1.54, 1.807) is 0 Å². The van der Waals surface area contributed by atoms with Gasteiger partial charge in [-0.05, 0) is 0 Å². The van der Waals surface area contributed by atoms with E-state index in [0.29, 0.717) is 0 Å². The molecule has 0 fully saturated rings. The highest BCUT2D eigenvalue weighted by molar-refractivity contribution is 7.99. The number of aliphatic carboxylic acids is 2. The molecule has 0 saturated carbocycles. The largest absolute Gasteiger partial charge is 0.550 e. The van der Waals surface area contributed by atoms with Crippen molar-refractivity contribution in [1.29, 1.82) is 0 Å². The summed E-state index contributed by atoms with van der Waals surface area (Å²) in [6, 6.07) is 0. The van der Waals surface area contributed by atoms with Crippen LogP contribution < -0.4 is 10.2 Å². The van der Waals surface area contributed by atoms with Gasteiger partial charge in [-0.15, -0.1) is 0 Å². The van der Waals surface area contributed by atoms with Crippen molar-refractivity contribution in [2.75, 3.05) is 11.5 Å². The van der Waals surface area contributed by atoms with Gasteiger partial charge in [0.25, 0.3) is 0 Å². The lowest BCUT2D eigenvalue weighted by Gasteiger charge is -2.11. The smallest absolute Gasteiger partial charge is 0.0513 e. The fourth-order valence-electron chi connectivity index (χ4n) is 0.387. The average molecular weight is 176 g/mol. The molecule has 0 aliphatic heterocycles. The number of carbonyl (C=O) groups is 2. The molecule has 0 radical (unpaired) electrons. The highest BCUT2D eigenvalue weighted by atomic mass is 32.2. The molecule has 0 heterocycles. The fourth-order valence-corrected chi connectivity index (χ4v) is 1.16. The van der Waals surface area contributed by atoms with Crippen LogP contribution in [0.1, 0.15) is 6.92 Å². The van der Waals surface area contributed by atoms with E-state index < -0.39 is 17.9 Å². The first kappa shape index (κ1) is 10.3. The van der Waals surface area contributed by atoms with Crippen molar-refractivity contribution in [3.05, 3.63) is 0 Å². The van der Waals surface area contributed by atoms with Crippen LogP contribution in [0, 0.1) is 5.92 Å². The van der Waals surface area contributed by atoms with E-state index in [1.807, 2.05) is 0 Å². The lowest BCUT2D eigenvalue weighted by Crippen LogP contribution is -2.31. The number of hydrogen-bond donors (Lipinski definition) is 0. The van der Waals surface area contributed by atoms with Gasteiger partial charge in [-0.25, -0.2) is 0 Å². The van der Waals surface area contributed by atoms with Crippen LogP contribution in [-0.4, -0.2) is 23.4 Å². The molecule has 4 nitrogen and oxygen atoms in total. The van der Waals surface area contributed by atoms with Crippen molar-refractivity contribution in [3.8, 4) is 0 Å². The minimum Gasteiger partial charge on any atom is -0.550 e. The first-order chi connectivity index (χ1) is 5.04. The second-order valence-corrected chi connectivity index (χ2v) is 3.14. The number of carboxylic acid groups (broad SMARTS) is 2. The number of hydrogen-bond acceptors (Lipinski definition) is 5. The van der Waals surface area contributed by atoms with Crippen LogP contribution in [0.25, 0.3) is 0 Å². The summed E-state index contributed by atoms with van der Waals surface area (Å²) in [7, 11) is 0. The predicted molar refractivity (Wildman–Crippen MR) is 36.5 cm³/mol. The molecule has 64 valence electrons. The normalized spacial score (nSPS) is 12.5. The van der Waals surface area contributed by atoms with E-state index in [-0.39, 0.29) is 11.5 Å². The Morgan fingerprint density at radius 3 is 2.36 bits per heavy atom. The Bertz CT molecular complexity index is 157. The maximum atomic E-state index is 10.1. The molecule has 0 aromatic rings. The molecule has 0 saturated heterocycles. The number of carbonyl (C=O) groups excluding carboxylic acids is 2. The standard InChI is InChI=1S/C6H10O4S/c1-4(6(9)10)2-11-3-5(7)8/h4H,2-3H2,1H3,(H,7,8)(H,9,10)/p-2. The van der Waals surface area contributed by atoms with Gasteiger partial charge < -0.3 is 19.8 Å². The summed E-state index contributed by atoms with van der Waals surface area (Å²) in [5.74, 6) is -2.87. The van der Waals surface area contributed by atoms with E-state index >= 15 is 0 Å². The van der Waals surface area contributed by atoms with Gasteiger partial charge in [0.2, 0.25) is 0 Å². The Kier molecular flexibility index (Phi) is 4.69. The van der Waals surface area contributed by atoms with Crippen LogP contribution in [0.15, 0.2) is 0 Å². The second-order valence-electron chi connectivity index (χ2n) is 2.11. The quantitative estimate of drug-likeness (QED) is 0.477. The molecule has 0 spiro atoms. The fraction of sp³-hybridized carbons (Fsp3) is 0.667. The summed E-state index contributed by atoms with van der Waals surface area (Å²) < 4.78 is 0. The highest BCUT2D eigenvalue weighted by Gasteiger charge is 2.01. The zero-order valence-corrected chi connectivity index (χ0v) is 6.85. The van der Waals surface area contributed by atoms with Gasteiger partial charge in [0.15, 0.2) is 0 Å². The minimum atomic E-state index is -1.18. The van der Waals surface area contributed by atoms with Crippen LogP contribution in [0.5, 0.6) is 0 Å². The van der Waals surface area contributed by atoms with Gasteiger partial charge >= 0.3 is 0 Å². The molecule has 0 aromatic carbocycles. The van der Waals surface area contributed by atoms with Crippen LogP contribution in [0.2, 0.25) is 0 Å². The van der Waals surface area contributed by atoms with Crippen molar-refractivity contribution in [3.63, 3.8) is 0 Å². The molecule has 1 unspecified atom stereocenters. The summed E-state index contributed by atoms with van der Waals surface area (Å²) in [5.41, 5.74) is 0. The molecule has 0 aromatic heterocycles. The molecule has 11 heavy (non-hydrogen) atoms.